The summed E-state index contributed by atoms with van der Waals surface area (Å²) in [7, 11) is 0. The van der Waals surface area contributed by atoms with Gasteiger partial charge in [-0.15, -0.1) is 0 Å². The van der Waals surface area contributed by atoms with Crippen molar-refractivity contribution in [1.29, 1.82) is 0 Å². The number of hydrogen-bond acceptors (Lipinski definition) is 8. The van der Waals surface area contributed by atoms with Crippen LogP contribution < -0.4 is 27.4 Å². The molecule has 194 valence electrons. The van der Waals surface area contributed by atoms with Gasteiger partial charge in [-0.2, -0.15) is 11.8 Å². The number of thioether (sulfide) groups is 1. The zero-order chi connectivity index (χ0) is 26.4. The molecule has 13 nitrogen and oxygen atoms in total. The van der Waals surface area contributed by atoms with Crippen molar-refractivity contribution in [2.75, 3.05) is 12.0 Å². The zero-order valence-corrected chi connectivity index (χ0v) is 20.4. The maximum absolute atomic E-state index is 12.9. The number of aliphatic carboxylic acids is 2. The van der Waals surface area contributed by atoms with Crippen LogP contribution in [0.3, 0.4) is 0 Å². The van der Waals surface area contributed by atoms with E-state index in [-0.39, 0.29) is 25.2 Å². The molecule has 14 heteroatoms. The standard InChI is InChI=1S/C20H35N5O8S/c1-4-10(2)16(22)19(31)24-12(7-8-34-3)18(30)23-11(5-6-14(21)26)17(29)25-13(20(32)33)9-15(27)28/h10-13,16H,4-9,22H2,1-3H3,(H2,21,26)(H,23,30)(H,24,31)(H,25,29)(H,27,28)(H,32,33). The minimum atomic E-state index is -1.75. The predicted octanol–water partition coefficient (Wildman–Crippen LogP) is -1.61. The molecule has 5 atom stereocenters. The molecule has 0 saturated heterocycles. The van der Waals surface area contributed by atoms with E-state index in [2.05, 4.69) is 10.6 Å². The highest BCUT2D eigenvalue weighted by atomic mass is 32.2. The summed E-state index contributed by atoms with van der Waals surface area (Å²) in [6.07, 6.45) is 1.20. The zero-order valence-electron chi connectivity index (χ0n) is 19.5. The van der Waals surface area contributed by atoms with Gasteiger partial charge in [-0.3, -0.25) is 24.0 Å². The van der Waals surface area contributed by atoms with Gasteiger partial charge in [-0.25, -0.2) is 4.79 Å². The molecule has 0 spiro atoms. The molecule has 0 fully saturated rings. The van der Waals surface area contributed by atoms with Crippen molar-refractivity contribution in [2.24, 2.45) is 17.4 Å². The number of carbonyl (C=O) groups is 6. The average Bonchev–Trinajstić information content (AvgIpc) is 2.76. The van der Waals surface area contributed by atoms with Gasteiger partial charge in [0.2, 0.25) is 23.6 Å². The lowest BCUT2D eigenvalue weighted by Crippen LogP contribution is -2.58. The highest BCUT2D eigenvalue weighted by Crippen LogP contribution is 2.08. The Bertz CT molecular complexity index is 750. The monoisotopic (exact) mass is 505 g/mol. The van der Waals surface area contributed by atoms with E-state index < -0.39 is 66.2 Å². The Hall–Kier alpha value is -2.87. The number of nitrogens with two attached hydrogens (primary N) is 2. The molecule has 0 aromatic rings. The third-order valence-electron chi connectivity index (χ3n) is 5.11. The number of hydrogen-bond donors (Lipinski definition) is 7. The number of rotatable bonds is 17. The van der Waals surface area contributed by atoms with Crippen molar-refractivity contribution < 1.29 is 39.0 Å². The molecule has 0 aromatic carbocycles. The van der Waals surface area contributed by atoms with Crippen LogP contribution in [0, 0.1) is 5.92 Å². The molecule has 0 bridgehead atoms. The summed E-state index contributed by atoms with van der Waals surface area (Å²) in [5, 5.41) is 25.0. The molecule has 9 N–H and O–H groups in total. The second kappa shape index (κ2) is 15.9. The summed E-state index contributed by atoms with van der Waals surface area (Å²) in [6, 6.07) is -5.05. The average molecular weight is 506 g/mol. The molecule has 34 heavy (non-hydrogen) atoms. The third kappa shape index (κ3) is 11.8. The molecular formula is C20H35N5O8S. The molecule has 0 heterocycles. The normalized spacial score (nSPS) is 15.2. The molecule has 5 unspecified atom stereocenters. The van der Waals surface area contributed by atoms with Crippen LogP contribution in [0.2, 0.25) is 0 Å². The molecule has 4 amide bonds. The highest BCUT2D eigenvalue weighted by Gasteiger charge is 2.31. The smallest absolute Gasteiger partial charge is 0.326 e. The summed E-state index contributed by atoms with van der Waals surface area (Å²) in [5.41, 5.74) is 11.1. The number of nitrogens with one attached hydrogen (secondary N) is 3. The Balaban J connectivity index is 5.58. The molecule has 0 aromatic heterocycles. The van der Waals surface area contributed by atoms with E-state index in [4.69, 9.17) is 21.7 Å². The SMILES string of the molecule is CCC(C)C(N)C(=O)NC(CCSC)C(=O)NC(CCC(N)=O)C(=O)NC(CC(=O)O)C(=O)O. The maximum Gasteiger partial charge on any atom is 0.326 e. The molecule has 0 aliphatic heterocycles. The van der Waals surface area contributed by atoms with Crippen LogP contribution in [0.25, 0.3) is 0 Å². The van der Waals surface area contributed by atoms with Gasteiger partial charge in [-0.05, 0) is 30.8 Å². The quantitative estimate of drug-likeness (QED) is 0.119. The number of carboxylic acid groups (broad SMARTS) is 2. The van der Waals surface area contributed by atoms with E-state index in [1.807, 2.05) is 12.2 Å². The van der Waals surface area contributed by atoms with Gasteiger partial charge in [-0.1, -0.05) is 20.3 Å². The lowest BCUT2D eigenvalue weighted by molar-refractivity contribution is -0.147. The van der Waals surface area contributed by atoms with Gasteiger partial charge >= 0.3 is 11.9 Å². The topological polar surface area (TPSA) is 231 Å². The Labute approximate surface area is 202 Å². The van der Waals surface area contributed by atoms with Crippen molar-refractivity contribution in [3.05, 3.63) is 0 Å². The van der Waals surface area contributed by atoms with Gasteiger partial charge in [0.1, 0.15) is 18.1 Å². The number of carboxylic acids is 2. The van der Waals surface area contributed by atoms with Gasteiger partial charge in [0, 0.05) is 6.42 Å². The lowest BCUT2D eigenvalue weighted by atomic mass is 9.99. The van der Waals surface area contributed by atoms with E-state index in [0.29, 0.717) is 12.2 Å². The van der Waals surface area contributed by atoms with E-state index in [1.165, 1.54) is 11.8 Å². The molecule has 0 saturated carbocycles. The van der Waals surface area contributed by atoms with Crippen LogP contribution in [0.5, 0.6) is 0 Å². The highest BCUT2D eigenvalue weighted by molar-refractivity contribution is 7.98. The fourth-order valence-electron chi connectivity index (χ4n) is 2.76. The minimum absolute atomic E-state index is 0.138. The second-order valence-electron chi connectivity index (χ2n) is 7.82. The summed E-state index contributed by atoms with van der Waals surface area (Å²) in [5.74, 6) is -5.74. The van der Waals surface area contributed by atoms with Crippen LogP contribution in [0.1, 0.15) is 46.0 Å². The van der Waals surface area contributed by atoms with Crippen LogP contribution >= 0.6 is 11.8 Å². The Kier molecular flexibility index (Phi) is 14.5. The summed E-state index contributed by atoms with van der Waals surface area (Å²) in [4.78, 5) is 71.4. The van der Waals surface area contributed by atoms with Crippen LogP contribution in [0.4, 0.5) is 0 Å². The van der Waals surface area contributed by atoms with Gasteiger partial charge in [0.15, 0.2) is 0 Å². The summed E-state index contributed by atoms with van der Waals surface area (Å²) in [6.45, 7) is 3.66. The second-order valence-corrected chi connectivity index (χ2v) is 8.80. The fraction of sp³-hybridized carbons (Fsp3) is 0.700. The van der Waals surface area contributed by atoms with Crippen molar-refractivity contribution in [3.8, 4) is 0 Å². The largest absolute Gasteiger partial charge is 0.481 e. The van der Waals surface area contributed by atoms with Crippen molar-refractivity contribution >= 4 is 47.3 Å². The first-order valence-electron chi connectivity index (χ1n) is 10.7. The minimum Gasteiger partial charge on any atom is -0.481 e. The molecule has 0 aliphatic carbocycles. The van der Waals surface area contributed by atoms with E-state index in [1.54, 1.807) is 13.2 Å². The van der Waals surface area contributed by atoms with Crippen molar-refractivity contribution in [3.63, 3.8) is 0 Å². The first-order valence-corrected chi connectivity index (χ1v) is 12.1. The van der Waals surface area contributed by atoms with Gasteiger partial charge in [0.05, 0.1) is 12.5 Å². The van der Waals surface area contributed by atoms with Crippen LogP contribution in [-0.4, -0.2) is 82.0 Å². The van der Waals surface area contributed by atoms with E-state index in [0.717, 1.165) is 0 Å². The predicted molar refractivity (Wildman–Crippen MR) is 125 cm³/mol. The molecular weight excluding hydrogens is 470 g/mol. The van der Waals surface area contributed by atoms with Crippen LogP contribution in [0.15, 0.2) is 0 Å². The van der Waals surface area contributed by atoms with Gasteiger partial charge < -0.3 is 37.6 Å². The molecule has 0 radical (unpaired) electrons. The lowest BCUT2D eigenvalue weighted by Gasteiger charge is -2.25. The summed E-state index contributed by atoms with van der Waals surface area (Å²) < 4.78 is 0. The molecule has 0 aliphatic rings. The van der Waals surface area contributed by atoms with Crippen molar-refractivity contribution in [1.82, 2.24) is 16.0 Å². The third-order valence-corrected chi connectivity index (χ3v) is 5.75. The van der Waals surface area contributed by atoms with Crippen LogP contribution in [-0.2, 0) is 28.8 Å². The number of carbonyl (C=O) groups excluding carboxylic acids is 4. The van der Waals surface area contributed by atoms with E-state index >= 15 is 0 Å². The van der Waals surface area contributed by atoms with E-state index in [9.17, 15) is 28.8 Å². The number of amides is 4. The first kappa shape index (κ1) is 31.1. The summed E-state index contributed by atoms with van der Waals surface area (Å²) >= 11 is 1.43. The number of primary amides is 1. The fourth-order valence-corrected chi connectivity index (χ4v) is 3.23. The Morgan fingerprint density at radius 3 is 1.82 bits per heavy atom. The Morgan fingerprint density at radius 1 is 0.882 bits per heavy atom. The Morgan fingerprint density at radius 2 is 1.38 bits per heavy atom. The molecule has 0 rings (SSSR count). The van der Waals surface area contributed by atoms with Crippen molar-refractivity contribution in [2.45, 2.75) is 70.1 Å². The first-order chi connectivity index (χ1) is 15.8. The maximum atomic E-state index is 12.9. The van der Waals surface area contributed by atoms with Gasteiger partial charge in [0.25, 0.3) is 0 Å².